The van der Waals surface area contributed by atoms with Gasteiger partial charge in [-0.3, -0.25) is 0 Å². The summed E-state index contributed by atoms with van der Waals surface area (Å²) in [5, 5.41) is 0. The van der Waals surface area contributed by atoms with Gasteiger partial charge in [-0.15, -0.1) is 0 Å². The van der Waals surface area contributed by atoms with Gasteiger partial charge in [-0.2, -0.15) is 0 Å². The van der Waals surface area contributed by atoms with E-state index in [2.05, 4.69) is 15.9 Å². The Balaban J connectivity index is 2.12. The van der Waals surface area contributed by atoms with Crippen LogP contribution in [0, 0.1) is 0 Å². The molecule has 3 rings (SSSR count). The highest BCUT2D eigenvalue weighted by Crippen LogP contribution is 2.52. The zero-order valence-electron chi connectivity index (χ0n) is 14.5. The third-order valence-electron chi connectivity index (χ3n) is 6.00. The molecule has 2 heterocycles. The minimum absolute atomic E-state index is 0.0741. The minimum Gasteiger partial charge on any atom is -0.596 e. The SMILES string of the molecule is CC1(C)C(=O)O[B-]2(/C=C/c3ccc(Br)cc3)OC(=O)C(C)(C)[N+]21C. The second-order valence-corrected chi connectivity index (χ2v) is 8.56. The van der Waals surface area contributed by atoms with Crippen LogP contribution in [0.3, 0.4) is 0 Å². The van der Waals surface area contributed by atoms with E-state index in [4.69, 9.17) is 9.31 Å². The number of quaternary nitrogens is 1. The fourth-order valence-electron chi connectivity index (χ4n) is 3.87. The number of carbonyl (C=O) groups is 2. The van der Waals surface area contributed by atoms with Crippen molar-refractivity contribution in [2.45, 2.75) is 38.8 Å². The summed E-state index contributed by atoms with van der Waals surface area (Å²) in [6, 6.07) is 7.71. The molecule has 2 aliphatic heterocycles. The molecule has 0 amide bonds. The van der Waals surface area contributed by atoms with E-state index in [1.54, 1.807) is 33.7 Å². The number of fused-ring (bicyclic) bond motifs is 1. The smallest absolute Gasteiger partial charge is 0.596 e. The van der Waals surface area contributed by atoms with Crippen LogP contribution in [0.15, 0.2) is 34.7 Å². The van der Waals surface area contributed by atoms with E-state index in [-0.39, 0.29) is 16.3 Å². The number of likely N-dealkylation sites (N-methyl/N-ethyl adjacent to an activating group) is 1. The topological polar surface area (TPSA) is 52.6 Å². The van der Waals surface area contributed by atoms with E-state index in [0.29, 0.717) is 0 Å². The van der Waals surface area contributed by atoms with Gasteiger partial charge < -0.3 is 13.7 Å². The summed E-state index contributed by atoms with van der Waals surface area (Å²) >= 11 is 3.40. The molecule has 2 fully saturated rings. The molecular formula is C17H21BBrNO4. The zero-order valence-corrected chi connectivity index (χ0v) is 16.1. The highest BCUT2D eigenvalue weighted by atomic mass is 79.9. The maximum atomic E-state index is 12.5. The Labute approximate surface area is 150 Å². The third-order valence-corrected chi connectivity index (χ3v) is 6.52. The molecule has 0 spiro atoms. The predicted octanol–water partition coefficient (Wildman–Crippen LogP) is 3.06. The predicted molar refractivity (Wildman–Crippen MR) is 95.5 cm³/mol. The van der Waals surface area contributed by atoms with Crippen molar-refractivity contribution in [3.05, 3.63) is 40.3 Å². The van der Waals surface area contributed by atoms with E-state index in [9.17, 15) is 9.59 Å². The number of halogens is 1. The second kappa shape index (κ2) is 4.96. The first-order valence-electron chi connectivity index (χ1n) is 7.91. The molecule has 0 unspecified atom stereocenters. The average Bonchev–Trinajstić information content (AvgIpc) is 2.75. The van der Waals surface area contributed by atoms with Crippen molar-refractivity contribution < 1.29 is 23.3 Å². The summed E-state index contributed by atoms with van der Waals surface area (Å²) in [6.07, 6.45) is 1.84. The van der Waals surface area contributed by atoms with Crippen LogP contribution >= 0.6 is 15.9 Å². The Morgan fingerprint density at radius 1 is 1.00 bits per heavy atom. The monoisotopic (exact) mass is 393 g/mol. The molecule has 7 heteroatoms. The van der Waals surface area contributed by atoms with E-state index in [0.717, 1.165) is 10.0 Å². The number of nitrogens with zero attached hydrogens (tertiary/aromatic N) is 1. The molecule has 1 aromatic rings. The molecule has 0 atom stereocenters. The Bertz CT molecular complexity index is 724. The van der Waals surface area contributed by atoms with Crippen molar-refractivity contribution in [1.82, 2.24) is 0 Å². The van der Waals surface area contributed by atoms with Crippen LogP contribution in [-0.2, 0) is 18.9 Å². The molecule has 24 heavy (non-hydrogen) atoms. The van der Waals surface area contributed by atoms with Gasteiger partial charge >= 0.3 is 18.6 Å². The Morgan fingerprint density at radius 2 is 1.46 bits per heavy atom. The molecule has 2 aliphatic rings. The van der Waals surface area contributed by atoms with Crippen LogP contribution in [0.4, 0.5) is 0 Å². The van der Waals surface area contributed by atoms with Gasteiger partial charge in [-0.1, -0.05) is 40.1 Å². The van der Waals surface area contributed by atoms with Crippen molar-refractivity contribution in [2.75, 3.05) is 7.05 Å². The fraction of sp³-hybridized carbons (Fsp3) is 0.412. The third kappa shape index (κ3) is 1.91. The van der Waals surface area contributed by atoms with Crippen molar-refractivity contribution in [1.29, 1.82) is 0 Å². The minimum atomic E-state index is -2.27. The van der Waals surface area contributed by atoms with Gasteiger partial charge in [0.1, 0.15) is 0 Å². The number of benzene rings is 1. The summed E-state index contributed by atoms with van der Waals surface area (Å²) in [5.74, 6) is 1.03. The highest BCUT2D eigenvalue weighted by Gasteiger charge is 2.78. The average molecular weight is 394 g/mol. The molecule has 1 aromatic carbocycles. The van der Waals surface area contributed by atoms with Crippen LogP contribution in [0.2, 0.25) is 0 Å². The van der Waals surface area contributed by atoms with Crippen molar-refractivity contribution >= 4 is 40.6 Å². The van der Waals surface area contributed by atoms with Crippen LogP contribution in [0.1, 0.15) is 33.3 Å². The molecule has 0 radical (unpaired) electrons. The number of rotatable bonds is 2. The van der Waals surface area contributed by atoms with Gasteiger partial charge in [0.15, 0.2) is 11.1 Å². The molecule has 0 aromatic heterocycles. The van der Waals surface area contributed by atoms with Crippen LogP contribution in [0.25, 0.3) is 6.08 Å². The lowest BCUT2D eigenvalue weighted by Crippen LogP contribution is -2.73. The van der Waals surface area contributed by atoms with Gasteiger partial charge in [-0.05, 0) is 45.4 Å². The van der Waals surface area contributed by atoms with Gasteiger partial charge in [0.2, 0.25) is 0 Å². The van der Waals surface area contributed by atoms with Crippen LogP contribution in [0.5, 0.6) is 0 Å². The number of hydrogen-bond donors (Lipinski definition) is 0. The van der Waals surface area contributed by atoms with Crippen molar-refractivity contribution in [2.24, 2.45) is 0 Å². The maximum absolute atomic E-state index is 12.5. The first-order valence-corrected chi connectivity index (χ1v) is 8.70. The first kappa shape index (κ1) is 17.2. The first-order chi connectivity index (χ1) is 11.0. The summed E-state index contributed by atoms with van der Waals surface area (Å²) < 4.78 is 12.5. The standard InChI is InChI=1S/C17H21BBrNO4/c1-16(2)14(21)23-18(11-10-12-6-8-13(19)9-7-12)20(16,5)17(3,4)15(22)24-18/h6-11H,1-5H3/b11-10+. The lowest BCUT2D eigenvalue weighted by Gasteiger charge is -2.53. The van der Waals surface area contributed by atoms with Gasteiger partial charge in [0.25, 0.3) is 0 Å². The largest absolute Gasteiger partial charge is 0.608 e. The number of hydrogen-bond acceptors (Lipinski definition) is 4. The fourth-order valence-corrected chi connectivity index (χ4v) is 4.13. The van der Waals surface area contributed by atoms with Crippen LogP contribution in [-0.4, -0.2) is 41.1 Å². The molecule has 0 saturated carbocycles. The Kier molecular flexibility index (Phi) is 3.56. The maximum Gasteiger partial charge on any atom is 0.608 e. The zero-order chi connectivity index (χ0) is 18.0. The van der Waals surface area contributed by atoms with Gasteiger partial charge in [-0.25, -0.2) is 9.59 Å². The summed E-state index contributed by atoms with van der Waals surface area (Å²) in [5.41, 5.74) is -0.845. The highest BCUT2D eigenvalue weighted by molar-refractivity contribution is 9.10. The summed E-state index contributed by atoms with van der Waals surface area (Å²) in [6.45, 7) is 4.94. The van der Waals surface area contributed by atoms with E-state index in [1.807, 2.05) is 37.4 Å². The quantitative estimate of drug-likeness (QED) is 0.724. The van der Waals surface area contributed by atoms with Gasteiger partial charge in [0.05, 0.1) is 0 Å². The lowest BCUT2D eigenvalue weighted by atomic mass is 9.63. The van der Waals surface area contributed by atoms with E-state index in [1.165, 1.54) is 0 Å². The normalized spacial score (nSPS) is 33.4. The summed E-state index contributed by atoms with van der Waals surface area (Å²) in [7, 11) is 1.86. The van der Waals surface area contributed by atoms with Crippen molar-refractivity contribution in [3.8, 4) is 0 Å². The molecule has 0 N–H and O–H groups in total. The molecule has 0 aliphatic carbocycles. The molecular weight excluding hydrogens is 373 g/mol. The number of carbonyl (C=O) groups excluding carboxylic acids is 2. The molecule has 0 bridgehead atoms. The Morgan fingerprint density at radius 3 is 1.92 bits per heavy atom. The van der Waals surface area contributed by atoms with E-state index >= 15 is 0 Å². The van der Waals surface area contributed by atoms with E-state index < -0.39 is 17.8 Å². The van der Waals surface area contributed by atoms with Gasteiger partial charge in [0, 0.05) is 11.5 Å². The Hall–Kier alpha value is -1.60. The molecule has 2 saturated heterocycles. The van der Waals surface area contributed by atoms with Crippen molar-refractivity contribution in [3.63, 3.8) is 0 Å². The second-order valence-electron chi connectivity index (χ2n) is 7.64. The molecule has 128 valence electrons. The van der Waals surface area contributed by atoms with Crippen LogP contribution < -0.4 is 0 Å². The molecule has 5 nitrogen and oxygen atoms in total. The summed E-state index contributed by atoms with van der Waals surface area (Å²) in [4.78, 5) is 25.0. The lowest BCUT2D eigenvalue weighted by molar-refractivity contribution is -0.885.